The Morgan fingerprint density at radius 3 is 3.13 bits per heavy atom. The summed E-state index contributed by atoms with van der Waals surface area (Å²) in [6, 6.07) is 1.31. The van der Waals surface area contributed by atoms with Crippen LogP contribution in [0.2, 0.25) is 0 Å². The number of hydrogen-bond acceptors (Lipinski definition) is 2. The number of aromatic nitrogens is 2. The molecule has 1 aromatic rings. The van der Waals surface area contributed by atoms with E-state index < -0.39 is 5.92 Å². The Bertz CT molecular complexity index is 419. The Hall–Kier alpha value is -1.62. The molecule has 0 N–H and O–H groups in total. The number of halogens is 2. The zero-order valence-electron chi connectivity index (χ0n) is 7.90. The topological polar surface area (TPSA) is 66.6 Å². The zero-order valence-corrected chi connectivity index (χ0v) is 7.90. The molecule has 0 spiro atoms. The fourth-order valence-corrected chi connectivity index (χ4v) is 1.70. The molecule has 0 amide bonds. The molecule has 1 aliphatic heterocycles. The van der Waals surface area contributed by atoms with Crippen molar-refractivity contribution in [1.82, 2.24) is 9.78 Å². The van der Waals surface area contributed by atoms with E-state index in [0.29, 0.717) is 18.7 Å². The van der Waals surface area contributed by atoms with Crippen LogP contribution in [0.25, 0.3) is 10.4 Å². The summed E-state index contributed by atoms with van der Waals surface area (Å²) in [5, 5.41) is 7.25. The fraction of sp³-hybridized carbons (Fsp3) is 0.625. The molecule has 0 fully saturated rings. The third-order valence-corrected chi connectivity index (χ3v) is 2.36. The van der Waals surface area contributed by atoms with Crippen LogP contribution >= 0.6 is 0 Å². The van der Waals surface area contributed by atoms with Gasteiger partial charge in [-0.15, -0.1) is 0 Å². The van der Waals surface area contributed by atoms with E-state index in [1.54, 1.807) is 0 Å². The summed E-state index contributed by atoms with van der Waals surface area (Å²) in [6.07, 6.45) is 0.280. The number of fused-ring (bicyclic) bond motifs is 1. The minimum absolute atomic E-state index is 0.0204. The van der Waals surface area contributed by atoms with Crippen LogP contribution in [-0.4, -0.2) is 9.78 Å². The van der Waals surface area contributed by atoms with Crippen LogP contribution in [0.5, 0.6) is 0 Å². The first-order chi connectivity index (χ1) is 7.13. The molecule has 0 radical (unpaired) electrons. The lowest BCUT2D eigenvalue weighted by Crippen LogP contribution is -2.25. The quantitative estimate of drug-likeness (QED) is 0.423. The van der Waals surface area contributed by atoms with Gasteiger partial charge in [-0.3, -0.25) is 4.68 Å². The van der Waals surface area contributed by atoms with Gasteiger partial charge < -0.3 is 0 Å². The second-order valence-electron chi connectivity index (χ2n) is 3.44. The predicted molar refractivity (Wildman–Crippen MR) is 48.2 cm³/mol. The summed E-state index contributed by atoms with van der Waals surface area (Å²) < 4.78 is 28.0. The fourth-order valence-electron chi connectivity index (χ4n) is 1.70. The predicted octanol–water partition coefficient (Wildman–Crippen LogP) is 2.58. The first-order valence-corrected chi connectivity index (χ1v) is 4.59. The largest absolute Gasteiger partial charge is 0.289 e. The van der Waals surface area contributed by atoms with E-state index in [-0.39, 0.29) is 18.7 Å². The highest BCUT2D eigenvalue weighted by Crippen LogP contribution is 2.36. The first kappa shape index (κ1) is 9.92. The summed E-state index contributed by atoms with van der Waals surface area (Å²) in [4.78, 5) is 2.56. The summed E-state index contributed by atoms with van der Waals surface area (Å²) in [6.45, 7) is 0.522. The van der Waals surface area contributed by atoms with Crippen molar-refractivity contribution >= 4 is 0 Å². The van der Waals surface area contributed by atoms with E-state index >= 15 is 0 Å². The van der Waals surface area contributed by atoms with Crippen molar-refractivity contribution in [3.8, 4) is 0 Å². The van der Waals surface area contributed by atoms with Crippen molar-refractivity contribution in [3.05, 3.63) is 27.9 Å². The molecular weight excluding hydrogens is 204 g/mol. The van der Waals surface area contributed by atoms with Gasteiger partial charge in [-0.25, -0.2) is 0 Å². The maximum atomic E-state index is 13.4. The third kappa shape index (κ3) is 1.78. The maximum Gasteiger partial charge on any atom is 0.289 e. The van der Waals surface area contributed by atoms with Gasteiger partial charge in [0, 0.05) is 17.9 Å². The van der Waals surface area contributed by atoms with Crippen molar-refractivity contribution in [2.75, 3.05) is 0 Å². The van der Waals surface area contributed by atoms with Crippen LogP contribution < -0.4 is 0 Å². The lowest BCUT2D eigenvalue weighted by atomic mass is 10.1. The van der Waals surface area contributed by atoms with Crippen LogP contribution in [0.1, 0.15) is 24.2 Å². The zero-order chi connectivity index (χ0) is 10.9. The van der Waals surface area contributed by atoms with Crippen molar-refractivity contribution in [2.24, 2.45) is 5.11 Å². The molecule has 0 saturated heterocycles. The monoisotopic (exact) mass is 213 g/mol. The van der Waals surface area contributed by atoms with E-state index in [9.17, 15) is 8.78 Å². The molecule has 0 bridgehead atoms. The van der Waals surface area contributed by atoms with Gasteiger partial charge in [0.15, 0.2) is 0 Å². The number of azide groups is 1. The van der Waals surface area contributed by atoms with Crippen LogP contribution in [0.15, 0.2) is 11.2 Å². The summed E-state index contributed by atoms with van der Waals surface area (Å²) in [7, 11) is 0. The third-order valence-electron chi connectivity index (χ3n) is 2.36. The van der Waals surface area contributed by atoms with Crippen LogP contribution in [0.4, 0.5) is 8.78 Å². The standard InChI is InChI=1S/C8H9F2N5/c9-8(10)2-1-3-15-7(8)4-6(13-15)5-12-14-11/h4H,1-3,5H2. The molecule has 80 valence electrons. The van der Waals surface area contributed by atoms with Crippen molar-refractivity contribution < 1.29 is 8.78 Å². The normalized spacial score (nSPS) is 18.0. The smallest absolute Gasteiger partial charge is 0.263 e. The number of aryl methyl sites for hydroxylation is 1. The number of nitrogens with zero attached hydrogens (tertiary/aromatic N) is 5. The van der Waals surface area contributed by atoms with Crippen LogP contribution in [0, 0.1) is 0 Å². The van der Waals surface area contributed by atoms with E-state index in [0.717, 1.165) is 0 Å². The lowest BCUT2D eigenvalue weighted by Gasteiger charge is -2.22. The lowest BCUT2D eigenvalue weighted by molar-refractivity contribution is -0.0364. The highest BCUT2D eigenvalue weighted by molar-refractivity contribution is 5.17. The van der Waals surface area contributed by atoms with Gasteiger partial charge in [-0.1, -0.05) is 5.11 Å². The van der Waals surface area contributed by atoms with Crippen molar-refractivity contribution in [1.29, 1.82) is 0 Å². The maximum absolute atomic E-state index is 13.4. The number of alkyl halides is 2. The molecule has 0 aliphatic carbocycles. The molecular formula is C8H9F2N5. The minimum Gasteiger partial charge on any atom is -0.263 e. The molecule has 0 unspecified atom stereocenters. The molecule has 7 heteroatoms. The SMILES string of the molecule is [N-]=[N+]=NCc1cc2n(n1)CCCC2(F)F. The molecule has 15 heavy (non-hydrogen) atoms. The Morgan fingerprint density at radius 2 is 2.47 bits per heavy atom. The summed E-state index contributed by atoms with van der Waals surface area (Å²) in [5.74, 6) is -2.81. The minimum atomic E-state index is -2.81. The molecule has 2 rings (SSSR count). The highest BCUT2D eigenvalue weighted by Gasteiger charge is 2.38. The van der Waals surface area contributed by atoms with Gasteiger partial charge in [0.25, 0.3) is 5.92 Å². The van der Waals surface area contributed by atoms with E-state index in [1.807, 2.05) is 0 Å². The second kappa shape index (κ2) is 3.51. The van der Waals surface area contributed by atoms with Gasteiger partial charge >= 0.3 is 0 Å². The van der Waals surface area contributed by atoms with Gasteiger partial charge in [-0.05, 0) is 18.0 Å². The molecule has 0 aromatic carbocycles. The summed E-state index contributed by atoms with van der Waals surface area (Å²) >= 11 is 0. The van der Waals surface area contributed by atoms with Crippen LogP contribution in [0.3, 0.4) is 0 Å². The molecule has 1 aliphatic rings. The molecule has 0 atom stereocenters. The number of rotatable bonds is 2. The first-order valence-electron chi connectivity index (χ1n) is 4.59. The van der Waals surface area contributed by atoms with E-state index in [1.165, 1.54) is 10.7 Å². The Kier molecular flexibility index (Phi) is 2.32. The van der Waals surface area contributed by atoms with Crippen molar-refractivity contribution in [2.45, 2.75) is 31.9 Å². The molecule has 0 saturated carbocycles. The summed E-state index contributed by atoms with van der Waals surface area (Å²) in [5.41, 5.74) is 8.43. The van der Waals surface area contributed by atoms with E-state index in [2.05, 4.69) is 15.1 Å². The highest BCUT2D eigenvalue weighted by atomic mass is 19.3. The second-order valence-corrected chi connectivity index (χ2v) is 3.44. The average Bonchev–Trinajstić information content (AvgIpc) is 2.59. The van der Waals surface area contributed by atoms with Gasteiger partial charge in [0.1, 0.15) is 5.69 Å². The van der Waals surface area contributed by atoms with Gasteiger partial charge in [-0.2, -0.15) is 13.9 Å². The van der Waals surface area contributed by atoms with Gasteiger partial charge in [0.2, 0.25) is 0 Å². The molecule has 2 heterocycles. The average molecular weight is 213 g/mol. The molecule has 1 aromatic heterocycles. The molecule has 5 nitrogen and oxygen atoms in total. The number of hydrogen-bond donors (Lipinski definition) is 0. The Morgan fingerprint density at radius 1 is 1.67 bits per heavy atom. The van der Waals surface area contributed by atoms with Gasteiger partial charge in [0.05, 0.1) is 12.2 Å². The van der Waals surface area contributed by atoms with E-state index in [4.69, 9.17) is 5.53 Å². The van der Waals surface area contributed by atoms with Crippen LogP contribution in [-0.2, 0) is 19.0 Å². The van der Waals surface area contributed by atoms with Crippen molar-refractivity contribution in [3.63, 3.8) is 0 Å². The Labute approximate surface area is 84.3 Å². The Balaban J connectivity index is 2.33.